The van der Waals surface area contributed by atoms with Gasteiger partial charge in [0.1, 0.15) is 5.54 Å². The monoisotopic (exact) mass is 422 g/mol. The highest BCUT2D eigenvalue weighted by Gasteiger charge is 2.40. The third-order valence-electron chi connectivity index (χ3n) is 5.27. The molecular formula is C20H21F3N4O3. The van der Waals surface area contributed by atoms with Crippen LogP contribution in [0.15, 0.2) is 35.1 Å². The van der Waals surface area contributed by atoms with Crippen LogP contribution in [0, 0.1) is 6.92 Å². The first-order valence-electron chi connectivity index (χ1n) is 9.44. The molecule has 0 unspecified atom stereocenters. The van der Waals surface area contributed by atoms with Crippen LogP contribution in [-0.2, 0) is 11.0 Å². The maximum Gasteiger partial charge on any atom is 0.416 e. The van der Waals surface area contributed by atoms with Crippen molar-refractivity contribution < 1.29 is 22.8 Å². The summed E-state index contributed by atoms with van der Waals surface area (Å²) in [5.74, 6) is -1.58. The first-order valence-corrected chi connectivity index (χ1v) is 9.44. The van der Waals surface area contributed by atoms with Crippen molar-refractivity contribution in [3.05, 3.63) is 57.5 Å². The summed E-state index contributed by atoms with van der Waals surface area (Å²) >= 11 is 0. The number of halogens is 3. The van der Waals surface area contributed by atoms with E-state index in [4.69, 9.17) is 5.73 Å². The van der Waals surface area contributed by atoms with E-state index in [2.05, 4.69) is 10.4 Å². The lowest BCUT2D eigenvalue weighted by Crippen LogP contribution is -2.59. The summed E-state index contributed by atoms with van der Waals surface area (Å²) in [6.45, 7) is 1.49. The molecule has 0 spiro atoms. The number of amides is 2. The topological polar surface area (TPSA) is 107 Å². The number of carbonyl (C=O) groups is 2. The largest absolute Gasteiger partial charge is 0.416 e. The molecule has 160 valence electrons. The zero-order valence-corrected chi connectivity index (χ0v) is 16.3. The fourth-order valence-corrected chi connectivity index (χ4v) is 3.64. The van der Waals surface area contributed by atoms with Crippen LogP contribution < -0.4 is 16.5 Å². The van der Waals surface area contributed by atoms with Crippen molar-refractivity contribution in [1.82, 2.24) is 15.1 Å². The van der Waals surface area contributed by atoms with E-state index in [9.17, 15) is 27.6 Å². The quantitative estimate of drug-likeness (QED) is 0.789. The van der Waals surface area contributed by atoms with E-state index in [0.717, 1.165) is 29.3 Å². The zero-order chi connectivity index (χ0) is 22.1. The molecule has 1 heterocycles. The molecule has 3 N–H and O–H groups in total. The number of hydrogen-bond donors (Lipinski definition) is 2. The molecule has 7 nitrogen and oxygen atoms in total. The van der Waals surface area contributed by atoms with Crippen molar-refractivity contribution in [2.45, 2.75) is 50.7 Å². The maximum absolute atomic E-state index is 13.0. The van der Waals surface area contributed by atoms with Gasteiger partial charge < -0.3 is 11.1 Å². The number of rotatable bonds is 4. The average Bonchev–Trinajstić information content (AvgIpc) is 2.68. The number of aryl methyl sites for hydroxylation is 1. The van der Waals surface area contributed by atoms with Crippen LogP contribution in [0.25, 0.3) is 5.69 Å². The van der Waals surface area contributed by atoms with E-state index >= 15 is 0 Å². The predicted molar refractivity (Wildman–Crippen MR) is 102 cm³/mol. The van der Waals surface area contributed by atoms with Crippen molar-refractivity contribution in [3.8, 4) is 5.69 Å². The maximum atomic E-state index is 13.0. The van der Waals surface area contributed by atoms with Gasteiger partial charge in [0.15, 0.2) is 5.69 Å². The number of nitrogens with one attached hydrogen (secondary N) is 1. The van der Waals surface area contributed by atoms with E-state index in [1.54, 1.807) is 0 Å². The summed E-state index contributed by atoms with van der Waals surface area (Å²) in [6, 6.07) is 5.49. The lowest BCUT2D eigenvalue weighted by atomic mass is 9.81. The third-order valence-corrected chi connectivity index (χ3v) is 5.27. The Balaban J connectivity index is 2.00. The number of alkyl halides is 3. The fourth-order valence-electron chi connectivity index (χ4n) is 3.64. The van der Waals surface area contributed by atoms with Crippen LogP contribution in [0.4, 0.5) is 13.2 Å². The standard InChI is InChI=1S/C20H21F3N4O3/c1-12-10-15(28)16(17(29)25-19(18(24)30)8-3-2-4-9-19)26-27(12)14-7-5-6-13(11-14)20(21,22)23/h5-7,10-11H,2-4,8-9H2,1H3,(H2,24,30)(H,25,29). The number of aromatic nitrogens is 2. The van der Waals surface area contributed by atoms with Crippen LogP contribution in [0.5, 0.6) is 0 Å². The number of nitrogens with two attached hydrogens (primary N) is 1. The lowest BCUT2D eigenvalue weighted by Gasteiger charge is -2.34. The van der Waals surface area contributed by atoms with Gasteiger partial charge in [-0.05, 0) is 38.0 Å². The van der Waals surface area contributed by atoms with Crippen LogP contribution in [0.3, 0.4) is 0 Å². The summed E-state index contributed by atoms with van der Waals surface area (Å²) in [7, 11) is 0. The van der Waals surface area contributed by atoms with Crippen molar-refractivity contribution in [3.63, 3.8) is 0 Å². The number of hydrogen-bond acceptors (Lipinski definition) is 4. The van der Waals surface area contributed by atoms with Crippen molar-refractivity contribution >= 4 is 11.8 Å². The van der Waals surface area contributed by atoms with Gasteiger partial charge >= 0.3 is 6.18 Å². The Morgan fingerprint density at radius 2 is 1.83 bits per heavy atom. The van der Waals surface area contributed by atoms with Gasteiger partial charge in [-0.1, -0.05) is 25.3 Å². The number of primary amides is 1. The Morgan fingerprint density at radius 1 is 1.17 bits per heavy atom. The molecule has 10 heteroatoms. The summed E-state index contributed by atoms with van der Waals surface area (Å²) < 4.78 is 40.2. The molecule has 2 amide bonds. The smallest absolute Gasteiger partial charge is 0.368 e. The molecule has 1 saturated carbocycles. The molecule has 2 aromatic rings. The van der Waals surface area contributed by atoms with Crippen molar-refractivity contribution in [1.29, 1.82) is 0 Å². The van der Waals surface area contributed by atoms with Crippen LogP contribution in [0.2, 0.25) is 0 Å². The Hall–Kier alpha value is -3.17. The summed E-state index contributed by atoms with van der Waals surface area (Å²) in [5.41, 5.74) is 2.41. The summed E-state index contributed by atoms with van der Waals surface area (Å²) in [6.07, 6.45) is -1.57. The number of benzene rings is 1. The van der Waals surface area contributed by atoms with Gasteiger partial charge in [0.25, 0.3) is 5.91 Å². The predicted octanol–water partition coefficient (Wildman–Crippen LogP) is 2.48. The lowest BCUT2D eigenvalue weighted by molar-refractivity contribution is -0.137. The van der Waals surface area contributed by atoms with E-state index in [-0.39, 0.29) is 11.4 Å². The van der Waals surface area contributed by atoms with Gasteiger partial charge in [0.2, 0.25) is 11.3 Å². The van der Waals surface area contributed by atoms with E-state index in [1.807, 2.05) is 0 Å². The molecular weight excluding hydrogens is 401 g/mol. The first-order chi connectivity index (χ1) is 14.0. The Labute approximate surface area is 170 Å². The van der Waals surface area contributed by atoms with Crippen LogP contribution in [-0.4, -0.2) is 27.1 Å². The highest BCUT2D eigenvalue weighted by Crippen LogP contribution is 2.30. The second-order valence-corrected chi connectivity index (χ2v) is 7.42. The highest BCUT2D eigenvalue weighted by atomic mass is 19.4. The first kappa shape index (κ1) is 21.5. The molecule has 1 aromatic carbocycles. The minimum Gasteiger partial charge on any atom is -0.368 e. The Kier molecular flexibility index (Phi) is 5.69. The molecule has 1 aliphatic carbocycles. The van der Waals surface area contributed by atoms with Gasteiger partial charge in [-0.25, -0.2) is 4.68 Å². The number of carbonyl (C=O) groups excluding carboxylic acids is 2. The molecule has 0 atom stereocenters. The molecule has 1 aromatic heterocycles. The van der Waals surface area contributed by atoms with Gasteiger partial charge in [0.05, 0.1) is 11.3 Å². The second-order valence-electron chi connectivity index (χ2n) is 7.42. The molecule has 1 fully saturated rings. The van der Waals surface area contributed by atoms with Gasteiger partial charge in [0, 0.05) is 11.8 Å². The molecule has 3 rings (SSSR count). The minimum atomic E-state index is -4.56. The number of nitrogens with zero attached hydrogens (tertiary/aromatic N) is 2. The van der Waals surface area contributed by atoms with E-state index in [1.165, 1.54) is 19.1 Å². The van der Waals surface area contributed by atoms with E-state index < -0.39 is 40.2 Å². The normalized spacial score (nSPS) is 16.1. The SMILES string of the molecule is Cc1cc(=O)c(C(=O)NC2(C(N)=O)CCCCC2)nn1-c1cccc(C(F)(F)F)c1. The molecule has 0 radical (unpaired) electrons. The zero-order valence-electron chi connectivity index (χ0n) is 16.3. The minimum absolute atomic E-state index is 0.0404. The third kappa shape index (κ3) is 4.22. The molecule has 0 saturated heterocycles. The van der Waals surface area contributed by atoms with Crippen LogP contribution in [0.1, 0.15) is 53.8 Å². The highest BCUT2D eigenvalue weighted by molar-refractivity contribution is 5.97. The molecule has 30 heavy (non-hydrogen) atoms. The van der Waals surface area contributed by atoms with Gasteiger partial charge in [-0.2, -0.15) is 18.3 Å². The average molecular weight is 422 g/mol. The molecule has 1 aliphatic rings. The molecule has 0 aliphatic heterocycles. The van der Waals surface area contributed by atoms with Crippen LogP contribution >= 0.6 is 0 Å². The summed E-state index contributed by atoms with van der Waals surface area (Å²) in [5, 5.41) is 6.55. The summed E-state index contributed by atoms with van der Waals surface area (Å²) in [4.78, 5) is 37.2. The Morgan fingerprint density at radius 3 is 2.43 bits per heavy atom. The Bertz CT molecular complexity index is 1040. The second kappa shape index (κ2) is 7.92. The van der Waals surface area contributed by atoms with Gasteiger partial charge in [-0.15, -0.1) is 0 Å². The van der Waals surface area contributed by atoms with Crippen molar-refractivity contribution in [2.24, 2.45) is 5.73 Å². The molecule has 0 bridgehead atoms. The van der Waals surface area contributed by atoms with Gasteiger partial charge in [-0.3, -0.25) is 14.4 Å². The van der Waals surface area contributed by atoms with Crippen molar-refractivity contribution in [2.75, 3.05) is 0 Å². The fraction of sp³-hybridized carbons (Fsp3) is 0.400. The van der Waals surface area contributed by atoms with E-state index in [0.29, 0.717) is 25.7 Å².